The Kier molecular flexibility index (Phi) is 3.82. The number of benzene rings is 2. The molecule has 7 heteroatoms. The molecule has 6 nitrogen and oxygen atoms in total. The van der Waals surface area contributed by atoms with Crippen molar-refractivity contribution >= 4 is 27.2 Å². The number of methoxy groups -OCH3 is 1. The second-order valence-electron chi connectivity index (χ2n) is 4.08. The second kappa shape index (κ2) is 5.40. The van der Waals surface area contributed by atoms with Gasteiger partial charge in [-0.15, -0.1) is 0 Å². The van der Waals surface area contributed by atoms with Crippen LogP contribution in [0.25, 0.3) is 0 Å². The Morgan fingerprint density at radius 2 is 1.80 bits per heavy atom. The van der Waals surface area contributed by atoms with Crippen LogP contribution in [0, 0.1) is 0 Å². The highest BCUT2D eigenvalue weighted by molar-refractivity contribution is 7.86. The van der Waals surface area contributed by atoms with Crippen molar-refractivity contribution in [1.29, 1.82) is 0 Å². The maximum absolute atomic E-state index is 11.3. The highest BCUT2D eigenvalue weighted by atomic mass is 32.2. The Hall–Kier alpha value is -2.25. The largest absolute Gasteiger partial charge is 0.497 e. The Morgan fingerprint density at radius 1 is 1.15 bits per heavy atom. The molecule has 20 heavy (non-hydrogen) atoms. The van der Waals surface area contributed by atoms with Crippen LogP contribution < -0.4 is 15.8 Å². The minimum atomic E-state index is -4.33. The average Bonchev–Trinajstić information content (AvgIpc) is 2.38. The highest BCUT2D eigenvalue weighted by Crippen LogP contribution is 2.27. The maximum atomic E-state index is 11.3. The van der Waals surface area contributed by atoms with E-state index in [-0.39, 0.29) is 10.6 Å². The van der Waals surface area contributed by atoms with Gasteiger partial charge in [0.05, 0.1) is 12.8 Å². The first-order valence-electron chi connectivity index (χ1n) is 5.68. The van der Waals surface area contributed by atoms with Gasteiger partial charge < -0.3 is 15.8 Å². The molecule has 0 amide bonds. The predicted octanol–water partition coefficient (Wildman–Crippen LogP) is 2.27. The van der Waals surface area contributed by atoms with Crippen LogP contribution in [0.5, 0.6) is 5.75 Å². The van der Waals surface area contributed by atoms with E-state index in [0.29, 0.717) is 17.1 Å². The SMILES string of the molecule is COc1ccc(Nc2cc(N)ccc2S(=O)(=O)O)cc1. The van der Waals surface area contributed by atoms with Crippen molar-refractivity contribution in [2.75, 3.05) is 18.2 Å². The lowest BCUT2D eigenvalue weighted by molar-refractivity contribution is 0.415. The minimum Gasteiger partial charge on any atom is -0.497 e. The van der Waals surface area contributed by atoms with Crippen LogP contribution in [0.4, 0.5) is 17.1 Å². The van der Waals surface area contributed by atoms with E-state index in [1.165, 1.54) is 18.2 Å². The van der Waals surface area contributed by atoms with Crippen LogP contribution in [0.1, 0.15) is 0 Å². The maximum Gasteiger partial charge on any atom is 0.296 e. The quantitative estimate of drug-likeness (QED) is 0.590. The first-order chi connectivity index (χ1) is 9.40. The van der Waals surface area contributed by atoms with E-state index in [4.69, 9.17) is 10.5 Å². The van der Waals surface area contributed by atoms with Crippen LogP contribution in [0.3, 0.4) is 0 Å². The monoisotopic (exact) mass is 294 g/mol. The molecule has 0 unspecified atom stereocenters. The van der Waals surface area contributed by atoms with Crippen molar-refractivity contribution in [3.8, 4) is 5.75 Å². The summed E-state index contributed by atoms with van der Waals surface area (Å²) in [5, 5.41) is 2.90. The molecule has 2 rings (SSSR count). The molecular weight excluding hydrogens is 280 g/mol. The van der Waals surface area contributed by atoms with Crippen molar-refractivity contribution in [3.63, 3.8) is 0 Å². The molecule has 0 bridgehead atoms. The van der Waals surface area contributed by atoms with Crippen LogP contribution in [0.2, 0.25) is 0 Å². The molecule has 0 aliphatic carbocycles. The third kappa shape index (κ3) is 3.19. The normalized spacial score (nSPS) is 11.1. The first-order valence-corrected chi connectivity index (χ1v) is 7.12. The van der Waals surface area contributed by atoms with Gasteiger partial charge in [-0.05, 0) is 42.5 Å². The molecule has 0 atom stereocenters. The highest BCUT2D eigenvalue weighted by Gasteiger charge is 2.15. The molecule has 0 saturated carbocycles. The van der Waals surface area contributed by atoms with E-state index < -0.39 is 10.1 Å². The van der Waals surface area contributed by atoms with Crippen molar-refractivity contribution < 1.29 is 17.7 Å². The predicted molar refractivity (Wildman–Crippen MR) is 76.9 cm³/mol. The summed E-state index contributed by atoms with van der Waals surface area (Å²) in [7, 11) is -2.77. The third-order valence-electron chi connectivity index (χ3n) is 2.65. The van der Waals surface area contributed by atoms with Crippen molar-refractivity contribution in [1.82, 2.24) is 0 Å². The van der Waals surface area contributed by atoms with Gasteiger partial charge in [0, 0.05) is 11.4 Å². The van der Waals surface area contributed by atoms with Crippen LogP contribution in [-0.2, 0) is 10.1 Å². The lowest BCUT2D eigenvalue weighted by Crippen LogP contribution is -2.04. The minimum absolute atomic E-state index is 0.206. The molecule has 106 valence electrons. The number of nitrogens with one attached hydrogen (secondary N) is 1. The lowest BCUT2D eigenvalue weighted by atomic mass is 10.2. The number of ether oxygens (including phenoxy) is 1. The molecule has 0 aliphatic rings. The van der Waals surface area contributed by atoms with E-state index >= 15 is 0 Å². The fourth-order valence-corrected chi connectivity index (χ4v) is 2.33. The molecule has 0 radical (unpaired) electrons. The van der Waals surface area contributed by atoms with Crippen LogP contribution in [-0.4, -0.2) is 20.1 Å². The zero-order valence-corrected chi connectivity index (χ0v) is 11.5. The molecule has 0 spiro atoms. The van der Waals surface area contributed by atoms with E-state index in [1.807, 2.05) is 0 Å². The standard InChI is InChI=1S/C13H14N2O4S/c1-19-11-5-3-10(4-6-11)15-12-8-9(14)2-7-13(12)20(16,17)18/h2-8,15H,14H2,1H3,(H,16,17,18). The van der Waals surface area contributed by atoms with Gasteiger partial charge in [-0.2, -0.15) is 8.42 Å². The number of nitrogen functional groups attached to an aromatic ring is 1. The molecular formula is C13H14N2O4S. The number of rotatable bonds is 4. The summed E-state index contributed by atoms with van der Waals surface area (Å²) < 4.78 is 36.8. The summed E-state index contributed by atoms with van der Waals surface area (Å²) in [4.78, 5) is -0.234. The summed E-state index contributed by atoms with van der Waals surface area (Å²) in [5.41, 5.74) is 6.86. The Bertz CT molecular complexity index is 712. The molecule has 4 N–H and O–H groups in total. The fraction of sp³-hybridized carbons (Fsp3) is 0.0769. The zero-order chi connectivity index (χ0) is 14.8. The molecule has 2 aromatic carbocycles. The van der Waals surface area contributed by atoms with Gasteiger partial charge in [-0.3, -0.25) is 4.55 Å². The topological polar surface area (TPSA) is 102 Å². The van der Waals surface area contributed by atoms with E-state index in [1.54, 1.807) is 31.4 Å². The van der Waals surface area contributed by atoms with Crippen molar-refractivity contribution in [2.45, 2.75) is 4.90 Å². The first kappa shape index (κ1) is 14.2. The van der Waals surface area contributed by atoms with Crippen molar-refractivity contribution in [3.05, 3.63) is 42.5 Å². The third-order valence-corrected chi connectivity index (χ3v) is 3.56. The van der Waals surface area contributed by atoms with E-state index in [0.717, 1.165) is 0 Å². The second-order valence-corrected chi connectivity index (χ2v) is 5.47. The summed E-state index contributed by atoms with van der Waals surface area (Å²) in [5.74, 6) is 0.679. The Labute approximate surface area is 116 Å². The molecule has 0 heterocycles. The smallest absolute Gasteiger partial charge is 0.296 e. The number of hydrogen-bond donors (Lipinski definition) is 3. The van der Waals surface area contributed by atoms with E-state index in [9.17, 15) is 13.0 Å². The number of nitrogens with two attached hydrogens (primary N) is 1. The van der Waals surface area contributed by atoms with E-state index in [2.05, 4.69) is 5.32 Å². The summed E-state index contributed by atoms with van der Waals surface area (Å²) in [6.07, 6.45) is 0. The Balaban J connectivity index is 2.39. The van der Waals surface area contributed by atoms with Crippen molar-refractivity contribution in [2.24, 2.45) is 0 Å². The molecule has 0 saturated heterocycles. The van der Waals surface area contributed by atoms with Gasteiger partial charge in [0.25, 0.3) is 10.1 Å². The zero-order valence-electron chi connectivity index (χ0n) is 10.7. The lowest BCUT2D eigenvalue weighted by Gasteiger charge is -2.11. The van der Waals surface area contributed by atoms with Crippen LogP contribution in [0.15, 0.2) is 47.4 Å². The van der Waals surface area contributed by atoms with Gasteiger partial charge in [0.15, 0.2) is 0 Å². The van der Waals surface area contributed by atoms with Crippen LogP contribution >= 0.6 is 0 Å². The van der Waals surface area contributed by atoms with Gasteiger partial charge in [0.1, 0.15) is 10.6 Å². The average molecular weight is 294 g/mol. The molecule has 2 aromatic rings. The van der Waals surface area contributed by atoms with Gasteiger partial charge >= 0.3 is 0 Å². The summed E-state index contributed by atoms with van der Waals surface area (Å²) in [6, 6.07) is 11.0. The fourth-order valence-electron chi connectivity index (χ4n) is 1.70. The molecule has 0 fully saturated rings. The molecule has 0 aliphatic heterocycles. The summed E-state index contributed by atoms with van der Waals surface area (Å²) >= 11 is 0. The number of anilines is 3. The van der Waals surface area contributed by atoms with Gasteiger partial charge in [-0.25, -0.2) is 0 Å². The summed E-state index contributed by atoms with van der Waals surface area (Å²) in [6.45, 7) is 0. The Morgan fingerprint density at radius 3 is 2.35 bits per heavy atom. The van der Waals surface area contributed by atoms with Gasteiger partial charge in [-0.1, -0.05) is 0 Å². The van der Waals surface area contributed by atoms with Gasteiger partial charge in [0.2, 0.25) is 0 Å². The molecule has 0 aromatic heterocycles. The number of hydrogen-bond acceptors (Lipinski definition) is 5.